The van der Waals surface area contributed by atoms with E-state index in [0.29, 0.717) is 12.2 Å². The molecule has 0 aliphatic carbocycles. The standard InChI is InChI=1S/C7H8O3S.C6H12O3/c8-11(9,10)6-7-4-2-1-3-5-7;1-5(4-8-3)9-6(2)7/h1-5H,6H2,(H,8,9,10);5H,4H2,1-3H3. The molecule has 1 atom stereocenters. The molecule has 1 aromatic carbocycles. The summed E-state index contributed by atoms with van der Waals surface area (Å²) in [5.74, 6) is -0.576. The molecule has 1 aromatic rings. The third-order valence-electron chi connectivity index (χ3n) is 1.96. The third kappa shape index (κ3) is 11.6. The van der Waals surface area contributed by atoms with Crippen LogP contribution in [0.4, 0.5) is 0 Å². The normalized spacial score (nSPS) is 12.0. The van der Waals surface area contributed by atoms with Crippen LogP contribution in [0.1, 0.15) is 19.4 Å². The minimum atomic E-state index is -3.88. The zero-order valence-corrected chi connectivity index (χ0v) is 12.6. The van der Waals surface area contributed by atoms with Crippen molar-refractivity contribution in [3.05, 3.63) is 35.9 Å². The average Bonchev–Trinajstić information content (AvgIpc) is 2.28. The van der Waals surface area contributed by atoms with Gasteiger partial charge in [0.15, 0.2) is 0 Å². The lowest BCUT2D eigenvalue weighted by atomic mass is 10.2. The van der Waals surface area contributed by atoms with Gasteiger partial charge in [-0.3, -0.25) is 9.35 Å². The highest BCUT2D eigenvalue weighted by Crippen LogP contribution is 2.02. The maximum Gasteiger partial charge on any atom is 0.302 e. The van der Waals surface area contributed by atoms with Gasteiger partial charge in [-0.1, -0.05) is 30.3 Å². The summed E-state index contributed by atoms with van der Waals surface area (Å²) < 4.78 is 38.6. The SMILES string of the molecule is COCC(C)OC(C)=O.O=S(=O)(O)Cc1ccccc1. The van der Waals surface area contributed by atoms with Crippen LogP contribution in [0.2, 0.25) is 0 Å². The Bertz CT molecular complexity index is 483. The predicted octanol–water partition coefficient (Wildman–Crippen LogP) is 1.66. The number of rotatable bonds is 5. The van der Waals surface area contributed by atoms with E-state index in [4.69, 9.17) is 14.0 Å². The third-order valence-corrected chi connectivity index (χ3v) is 2.66. The molecule has 0 radical (unpaired) electrons. The minimum Gasteiger partial charge on any atom is -0.460 e. The van der Waals surface area contributed by atoms with E-state index in [2.05, 4.69) is 0 Å². The molecule has 0 fully saturated rings. The van der Waals surface area contributed by atoms with Gasteiger partial charge in [0.2, 0.25) is 0 Å². The lowest BCUT2D eigenvalue weighted by Crippen LogP contribution is -2.17. The summed E-state index contributed by atoms with van der Waals surface area (Å²) in [4.78, 5) is 10.3. The summed E-state index contributed by atoms with van der Waals surface area (Å²) in [5.41, 5.74) is 0.593. The number of esters is 1. The first-order chi connectivity index (χ1) is 9.24. The Morgan fingerprint density at radius 1 is 1.30 bits per heavy atom. The molecule has 1 N–H and O–H groups in total. The van der Waals surface area contributed by atoms with E-state index in [9.17, 15) is 13.2 Å². The molecule has 0 amide bonds. The van der Waals surface area contributed by atoms with Crippen LogP contribution in [0.15, 0.2) is 30.3 Å². The number of methoxy groups -OCH3 is 1. The number of carbonyl (C=O) groups is 1. The van der Waals surface area contributed by atoms with Crippen LogP contribution in [0.25, 0.3) is 0 Å². The van der Waals surface area contributed by atoms with Crippen LogP contribution in [-0.2, 0) is 30.1 Å². The van der Waals surface area contributed by atoms with Gasteiger partial charge in [0.05, 0.1) is 6.61 Å². The van der Waals surface area contributed by atoms with Gasteiger partial charge in [0.1, 0.15) is 11.9 Å². The van der Waals surface area contributed by atoms with Crippen molar-refractivity contribution in [2.75, 3.05) is 13.7 Å². The van der Waals surface area contributed by atoms with Gasteiger partial charge in [-0.25, -0.2) is 0 Å². The Morgan fingerprint density at radius 2 is 1.85 bits per heavy atom. The lowest BCUT2D eigenvalue weighted by Gasteiger charge is -2.08. The first kappa shape index (κ1) is 18.6. The summed E-state index contributed by atoms with van der Waals surface area (Å²) in [6, 6.07) is 8.52. The van der Waals surface area contributed by atoms with Crippen molar-refractivity contribution >= 4 is 16.1 Å². The monoisotopic (exact) mass is 304 g/mol. The van der Waals surface area contributed by atoms with E-state index >= 15 is 0 Å². The molecule has 0 aliphatic heterocycles. The summed E-state index contributed by atoms with van der Waals surface area (Å²) in [6.45, 7) is 3.62. The molecule has 0 bridgehead atoms. The van der Waals surface area contributed by atoms with Gasteiger partial charge in [-0.2, -0.15) is 8.42 Å². The van der Waals surface area contributed by atoms with Crippen molar-refractivity contribution in [2.45, 2.75) is 25.7 Å². The van der Waals surface area contributed by atoms with E-state index in [-0.39, 0.29) is 17.8 Å². The van der Waals surface area contributed by atoms with E-state index < -0.39 is 10.1 Å². The summed E-state index contributed by atoms with van der Waals surface area (Å²) in [5, 5.41) is 0. The summed E-state index contributed by atoms with van der Waals surface area (Å²) in [7, 11) is -2.31. The van der Waals surface area contributed by atoms with E-state index in [1.807, 2.05) is 0 Å². The van der Waals surface area contributed by atoms with Crippen LogP contribution >= 0.6 is 0 Å². The fourth-order valence-corrected chi connectivity index (χ4v) is 1.95. The maximum absolute atomic E-state index is 10.4. The molecule has 1 rings (SSSR count). The molecule has 114 valence electrons. The average molecular weight is 304 g/mol. The van der Waals surface area contributed by atoms with Crippen LogP contribution in [0, 0.1) is 0 Å². The largest absolute Gasteiger partial charge is 0.460 e. The van der Waals surface area contributed by atoms with E-state index in [1.165, 1.54) is 6.92 Å². The highest BCUT2D eigenvalue weighted by atomic mass is 32.2. The van der Waals surface area contributed by atoms with Crippen molar-refractivity contribution in [1.29, 1.82) is 0 Å². The predicted molar refractivity (Wildman–Crippen MR) is 74.8 cm³/mol. The molecule has 0 spiro atoms. The quantitative estimate of drug-likeness (QED) is 0.657. The number of hydrogen-bond acceptors (Lipinski definition) is 5. The highest BCUT2D eigenvalue weighted by Gasteiger charge is 2.04. The Hall–Kier alpha value is -1.44. The molecule has 0 aliphatic rings. The molecule has 0 heterocycles. The Morgan fingerprint density at radius 3 is 2.25 bits per heavy atom. The second-order valence-corrected chi connectivity index (χ2v) is 5.54. The number of ether oxygens (including phenoxy) is 2. The first-order valence-corrected chi connectivity index (χ1v) is 7.50. The molecule has 0 aromatic heterocycles. The second kappa shape index (κ2) is 9.46. The summed E-state index contributed by atoms with van der Waals surface area (Å²) >= 11 is 0. The summed E-state index contributed by atoms with van der Waals surface area (Å²) in [6.07, 6.45) is -0.132. The van der Waals surface area contributed by atoms with Crippen molar-refractivity contribution in [1.82, 2.24) is 0 Å². The topological polar surface area (TPSA) is 89.9 Å². The van der Waals surface area contributed by atoms with Crippen LogP contribution in [0.3, 0.4) is 0 Å². The van der Waals surface area contributed by atoms with Crippen molar-refractivity contribution in [2.24, 2.45) is 0 Å². The van der Waals surface area contributed by atoms with Gasteiger partial charge >= 0.3 is 5.97 Å². The van der Waals surface area contributed by atoms with Gasteiger partial charge < -0.3 is 9.47 Å². The van der Waals surface area contributed by atoms with Gasteiger partial charge in [-0.15, -0.1) is 0 Å². The second-order valence-electron chi connectivity index (χ2n) is 4.09. The fraction of sp³-hybridized carbons (Fsp3) is 0.462. The molecule has 6 nitrogen and oxygen atoms in total. The zero-order chi connectivity index (χ0) is 15.6. The lowest BCUT2D eigenvalue weighted by molar-refractivity contribution is -0.147. The maximum atomic E-state index is 10.4. The highest BCUT2D eigenvalue weighted by molar-refractivity contribution is 7.85. The molecular formula is C13H20O6S. The number of hydrogen-bond donors (Lipinski definition) is 1. The van der Waals surface area contributed by atoms with Crippen molar-refractivity contribution in [3.63, 3.8) is 0 Å². The number of carbonyl (C=O) groups excluding carboxylic acids is 1. The smallest absolute Gasteiger partial charge is 0.302 e. The van der Waals surface area contributed by atoms with Crippen molar-refractivity contribution in [3.8, 4) is 0 Å². The minimum absolute atomic E-state index is 0.132. The Labute approximate surface area is 119 Å². The first-order valence-electron chi connectivity index (χ1n) is 5.90. The van der Waals surface area contributed by atoms with Gasteiger partial charge in [0.25, 0.3) is 10.1 Å². The van der Waals surface area contributed by atoms with Gasteiger partial charge in [0, 0.05) is 14.0 Å². The molecular weight excluding hydrogens is 284 g/mol. The molecule has 1 unspecified atom stereocenters. The molecule has 0 saturated heterocycles. The van der Waals surface area contributed by atoms with E-state index in [0.717, 1.165) is 0 Å². The Balaban J connectivity index is 0.000000370. The van der Waals surface area contributed by atoms with Gasteiger partial charge in [-0.05, 0) is 12.5 Å². The Kier molecular flexibility index (Phi) is 8.78. The van der Waals surface area contributed by atoms with Crippen LogP contribution in [0.5, 0.6) is 0 Å². The molecule has 0 saturated carbocycles. The zero-order valence-electron chi connectivity index (χ0n) is 11.8. The molecule has 20 heavy (non-hydrogen) atoms. The van der Waals surface area contributed by atoms with E-state index in [1.54, 1.807) is 44.4 Å². The number of benzene rings is 1. The fourth-order valence-electron chi connectivity index (χ4n) is 1.34. The van der Waals surface area contributed by atoms with Crippen LogP contribution in [-0.4, -0.2) is 38.8 Å². The van der Waals surface area contributed by atoms with Crippen molar-refractivity contribution < 1.29 is 27.2 Å². The van der Waals surface area contributed by atoms with Crippen LogP contribution < -0.4 is 0 Å². The molecule has 7 heteroatoms.